The molecule has 31 heavy (non-hydrogen) atoms. The number of aliphatic carboxylic acids is 1. The molecule has 0 saturated carbocycles. The molecule has 7 nitrogen and oxygen atoms in total. The number of hydrogen-bond donors (Lipinski definition) is 1. The Kier molecular flexibility index (Phi) is 4.39. The molecule has 2 aliphatic heterocycles. The zero-order valence-corrected chi connectivity index (χ0v) is 17.0. The van der Waals surface area contributed by atoms with Crippen molar-refractivity contribution in [1.82, 2.24) is 14.4 Å². The van der Waals surface area contributed by atoms with Gasteiger partial charge in [-0.1, -0.05) is 42.5 Å². The van der Waals surface area contributed by atoms with Crippen molar-refractivity contribution in [3.8, 4) is 0 Å². The summed E-state index contributed by atoms with van der Waals surface area (Å²) in [4.78, 5) is 39.1. The molecular formula is C24H21N3O4. The van der Waals surface area contributed by atoms with Gasteiger partial charge in [-0.3, -0.25) is 9.69 Å². The number of aromatic nitrogens is 1. The molecule has 1 unspecified atom stereocenters. The molecule has 156 valence electrons. The minimum atomic E-state index is -0.982. The highest BCUT2D eigenvalue weighted by atomic mass is 16.4. The summed E-state index contributed by atoms with van der Waals surface area (Å²) in [5.74, 6) is -1.48. The van der Waals surface area contributed by atoms with Crippen molar-refractivity contribution in [3.05, 3.63) is 77.0 Å². The number of carbonyl (C=O) groups is 3. The van der Waals surface area contributed by atoms with Gasteiger partial charge < -0.3 is 14.6 Å². The molecule has 0 aliphatic carbocycles. The van der Waals surface area contributed by atoms with Crippen molar-refractivity contribution in [3.63, 3.8) is 0 Å². The third kappa shape index (κ3) is 3.09. The lowest BCUT2D eigenvalue weighted by atomic mass is 9.89. The summed E-state index contributed by atoms with van der Waals surface area (Å²) in [7, 11) is 1.55. The van der Waals surface area contributed by atoms with Crippen LogP contribution in [0.3, 0.4) is 0 Å². The van der Waals surface area contributed by atoms with E-state index in [9.17, 15) is 14.4 Å². The van der Waals surface area contributed by atoms with Crippen molar-refractivity contribution < 1.29 is 19.5 Å². The van der Waals surface area contributed by atoms with Crippen LogP contribution < -0.4 is 0 Å². The molecule has 3 amide bonds. The van der Waals surface area contributed by atoms with Crippen molar-refractivity contribution in [2.75, 3.05) is 13.6 Å². The lowest BCUT2D eigenvalue weighted by molar-refractivity contribution is -0.132. The van der Waals surface area contributed by atoms with E-state index in [0.29, 0.717) is 19.6 Å². The molecule has 1 atom stereocenters. The zero-order valence-electron chi connectivity index (χ0n) is 17.0. The molecule has 2 aromatic carbocycles. The van der Waals surface area contributed by atoms with Gasteiger partial charge in [-0.15, -0.1) is 0 Å². The second-order valence-electron chi connectivity index (χ2n) is 7.99. The van der Waals surface area contributed by atoms with Gasteiger partial charge in [0.05, 0.1) is 12.5 Å². The number of urea groups is 1. The number of amides is 3. The van der Waals surface area contributed by atoms with E-state index < -0.39 is 5.97 Å². The standard InChI is InChI=1S/C24H21N3O4/c1-25-23(30)18-13-26(24(25)31)14-20-22(18)17-4-2-3-5-19(17)27(20)12-16-8-6-15(7-9-16)10-11-21(28)29/h2-11,18H,12-14H2,1H3,(H,28,29)/b11-10+. The number of benzene rings is 2. The van der Waals surface area contributed by atoms with Crippen molar-refractivity contribution in [1.29, 1.82) is 0 Å². The number of nitrogens with zero attached hydrogens (tertiary/aromatic N) is 3. The van der Waals surface area contributed by atoms with Crippen molar-refractivity contribution >= 4 is 34.9 Å². The molecule has 0 spiro atoms. The van der Waals surface area contributed by atoms with Gasteiger partial charge >= 0.3 is 12.0 Å². The van der Waals surface area contributed by atoms with Crippen LogP contribution in [0.2, 0.25) is 0 Å². The van der Waals surface area contributed by atoms with Gasteiger partial charge in [0.25, 0.3) is 0 Å². The predicted octanol–water partition coefficient (Wildman–Crippen LogP) is 3.28. The van der Waals surface area contributed by atoms with Gasteiger partial charge in [0.1, 0.15) is 0 Å². The van der Waals surface area contributed by atoms with E-state index in [2.05, 4.69) is 4.57 Å². The number of fused-ring (bicyclic) bond motifs is 6. The van der Waals surface area contributed by atoms with Crippen LogP contribution >= 0.6 is 0 Å². The lowest BCUT2D eigenvalue weighted by Crippen LogP contribution is -2.56. The molecule has 7 heteroatoms. The summed E-state index contributed by atoms with van der Waals surface area (Å²) in [6.45, 7) is 1.49. The summed E-state index contributed by atoms with van der Waals surface area (Å²) >= 11 is 0. The number of carboxylic acid groups (broad SMARTS) is 1. The maximum Gasteiger partial charge on any atom is 0.328 e. The van der Waals surface area contributed by atoms with E-state index in [4.69, 9.17) is 5.11 Å². The average Bonchev–Trinajstić information content (AvgIpc) is 3.09. The second kappa shape index (κ2) is 7.12. The Labute approximate surface area is 178 Å². The monoisotopic (exact) mass is 415 g/mol. The minimum Gasteiger partial charge on any atom is -0.478 e. The zero-order chi connectivity index (χ0) is 21.7. The quantitative estimate of drug-likeness (QED) is 0.663. The Bertz CT molecular complexity index is 1260. The van der Waals surface area contributed by atoms with E-state index in [1.807, 2.05) is 48.5 Å². The number of para-hydroxylation sites is 1. The maximum absolute atomic E-state index is 12.9. The number of imide groups is 1. The molecule has 1 aromatic heterocycles. The summed E-state index contributed by atoms with van der Waals surface area (Å²) in [5, 5.41) is 9.85. The fourth-order valence-corrected chi connectivity index (χ4v) is 4.65. The van der Waals surface area contributed by atoms with Crippen LogP contribution in [-0.2, 0) is 22.7 Å². The molecule has 2 aliphatic rings. The largest absolute Gasteiger partial charge is 0.478 e. The molecule has 3 aromatic rings. The lowest BCUT2D eigenvalue weighted by Gasteiger charge is -2.41. The number of carboxylic acids is 1. The first-order valence-electron chi connectivity index (χ1n) is 10.1. The predicted molar refractivity (Wildman–Crippen MR) is 115 cm³/mol. The van der Waals surface area contributed by atoms with E-state index in [-0.39, 0.29) is 17.9 Å². The Hall–Kier alpha value is -3.87. The molecule has 5 rings (SSSR count). The molecule has 1 N–H and O–H groups in total. The van der Waals surface area contributed by atoms with Crippen LogP contribution in [-0.4, -0.2) is 51.0 Å². The van der Waals surface area contributed by atoms with E-state index in [1.54, 1.807) is 18.0 Å². The third-order valence-corrected chi connectivity index (χ3v) is 6.14. The summed E-state index contributed by atoms with van der Waals surface area (Å²) < 4.78 is 2.19. The van der Waals surface area contributed by atoms with Crippen LogP contribution in [0, 0.1) is 0 Å². The Morgan fingerprint density at radius 1 is 1.13 bits per heavy atom. The maximum atomic E-state index is 12.9. The number of likely N-dealkylation sites (N-methyl/N-ethyl adjacent to an activating group) is 1. The molecule has 2 bridgehead atoms. The Morgan fingerprint density at radius 3 is 2.61 bits per heavy atom. The highest BCUT2D eigenvalue weighted by Crippen LogP contribution is 2.40. The van der Waals surface area contributed by atoms with E-state index >= 15 is 0 Å². The summed E-state index contributed by atoms with van der Waals surface area (Å²) in [6.07, 6.45) is 2.67. The third-order valence-electron chi connectivity index (χ3n) is 6.14. The first-order valence-corrected chi connectivity index (χ1v) is 10.1. The smallest absolute Gasteiger partial charge is 0.328 e. The highest BCUT2D eigenvalue weighted by Gasteiger charge is 2.44. The SMILES string of the molecule is CN1C(=O)C2CN(Cc3c2c2ccccc2n3Cc2ccc(/C=C/C(=O)O)cc2)C1=O. The topological polar surface area (TPSA) is 82.8 Å². The van der Waals surface area contributed by atoms with Crippen LogP contribution in [0.4, 0.5) is 4.79 Å². The molecule has 0 radical (unpaired) electrons. The molecule has 1 saturated heterocycles. The second-order valence-corrected chi connectivity index (χ2v) is 7.99. The number of rotatable bonds is 4. The number of hydrogen-bond acceptors (Lipinski definition) is 3. The minimum absolute atomic E-state index is 0.153. The van der Waals surface area contributed by atoms with Gasteiger partial charge in [-0.05, 0) is 28.8 Å². The van der Waals surface area contributed by atoms with Crippen molar-refractivity contribution in [2.45, 2.75) is 19.0 Å². The van der Waals surface area contributed by atoms with E-state index in [1.165, 1.54) is 4.90 Å². The van der Waals surface area contributed by atoms with Gasteiger partial charge in [-0.25, -0.2) is 9.59 Å². The van der Waals surface area contributed by atoms with Crippen LogP contribution in [0.15, 0.2) is 54.6 Å². The normalized spacial score (nSPS) is 18.2. The fraction of sp³-hybridized carbons (Fsp3) is 0.208. The van der Waals surface area contributed by atoms with Crippen LogP contribution in [0.5, 0.6) is 0 Å². The van der Waals surface area contributed by atoms with E-state index in [0.717, 1.165) is 39.4 Å². The number of carbonyl (C=O) groups excluding carboxylic acids is 2. The molecular weight excluding hydrogens is 394 g/mol. The van der Waals surface area contributed by atoms with Crippen LogP contribution in [0.1, 0.15) is 28.3 Å². The Balaban J connectivity index is 1.57. The van der Waals surface area contributed by atoms with Gasteiger partial charge in [-0.2, -0.15) is 0 Å². The highest BCUT2D eigenvalue weighted by molar-refractivity contribution is 6.04. The van der Waals surface area contributed by atoms with Crippen LogP contribution in [0.25, 0.3) is 17.0 Å². The van der Waals surface area contributed by atoms with Crippen molar-refractivity contribution in [2.24, 2.45) is 0 Å². The molecule has 1 fully saturated rings. The summed E-state index contributed by atoms with van der Waals surface area (Å²) in [5.41, 5.74) is 4.93. The fourth-order valence-electron chi connectivity index (χ4n) is 4.65. The molecule has 3 heterocycles. The van der Waals surface area contributed by atoms with Gasteiger partial charge in [0.15, 0.2) is 0 Å². The first-order chi connectivity index (χ1) is 14.9. The Morgan fingerprint density at radius 2 is 1.87 bits per heavy atom. The first kappa shape index (κ1) is 19.1. The van der Waals surface area contributed by atoms with Gasteiger partial charge in [0, 0.05) is 42.8 Å². The van der Waals surface area contributed by atoms with Gasteiger partial charge in [0.2, 0.25) is 5.91 Å². The average molecular weight is 415 g/mol. The summed E-state index contributed by atoms with van der Waals surface area (Å²) in [6, 6.07) is 15.5.